The third-order valence-corrected chi connectivity index (χ3v) is 5.81. The van der Waals surface area contributed by atoms with Gasteiger partial charge in [0.25, 0.3) is 0 Å². The molecule has 0 aliphatic carbocycles. The quantitative estimate of drug-likeness (QED) is 0.476. The van der Waals surface area contributed by atoms with Crippen LogP contribution < -0.4 is 4.90 Å². The van der Waals surface area contributed by atoms with Crippen molar-refractivity contribution in [3.05, 3.63) is 21.7 Å². The van der Waals surface area contributed by atoms with Gasteiger partial charge in [0.05, 0.1) is 24.1 Å². The smallest absolute Gasteiger partial charge is 0.410 e. The van der Waals surface area contributed by atoms with E-state index in [0.717, 1.165) is 0 Å². The van der Waals surface area contributed by atoms with Crippen LogP contribution in [0.3, 0.4) is 0 Å². The Balaban J connectivity index is 1.97. The van der Waals surface area contributed by atoms with Crippen LogP contribution in [0.2, 0.25) is 15.5 Å². The molecule has 0 saturated carbocycles. The number of hydrogen-bond acceptors (Lipinski definition) is 7. The van der Waals surface area contributed by atoms with E-state index in [2.05, 4.69) is 15.0 Å². The topological polar surface area (TPSA) is 80.7 Å². The molecule has 0 N–H and O–H groups in total. The van der Waals surface area contributed by atoms with Crippen LogP contribution in [-0.2, 0) is 9.47 Å². The lowest BCUT2D eigenvalue weighted by Crippen LogP contribution is -2.49. The molecule has 3 heterocycles. The van der Waals surface area contributed by atoms with Gasteiger partial charge in [-0.1, -0.05) is 23.2 Å². The number of aromatic nitrogens is 3. The number of likely N-dealkylation sites (tertiary alicyclic amines) is 1. The van der Waals surface area contributed by atoms with Gasteiger partial charge >= 0.3 is 6.09 Å². The zero-order chi connectivity index (χ0) is 22.2. The summed E-state index contributed by atoms with van der Waals surface area (Å²) in [6.45, 7) is 6.39. The zero-order valence-electron chi connectivity index (χ0n) is 17.4. The summed E-state index contributed by atoms with van der Waals surface area (Å²) in [6, 6.07) is -0.338. The van der Waals surface area contributed by atoms with Gasteiger partial charge in [-0.25, -0.2) is 14.8 Å². The predicted molar refractivity (Wildman–Crippen MR) is 118 cm³/mol. The second-order valence-electron chi connectivity index (χ2n) is 8.10. The largest absolute Gasteiger partial charge is 0.444 e. The van der Waals surface area contributed by atoms with Crippen molar-refractivity contribution >= 4 is 57.6 Å². The average Bonchev–Trinajstić information content (AvgIpc) is 3.07. The number of nitrogens with zero attached hydrogens (tertiary/aromatic N) is 5. The third-order valence-electron chi connectivity index (χ3n) is 4.90. The van der Waals surface area contributed by atoms with Gasteiger partial charge in [0.1, 0.15) is 27.1 Å². The Bertz CT molecular complexity index is 953. The van der Waals surface area contributed by atoms with Gasteiger partial charge in [0.2, 0.25) is 5.28 Å². The highest BCUT2D eigenvalue weighted by Gasteiger charge is 2.41. The van der Waals surface area contributed by atoms with E-state index >= 15 is 0 Å². The first-order valence-corrected chi connectivity index (χ1v) is 10.6. The number of halogens is 3. The summed E-state index contributed by atoms with van der Waals surface area (Å²) in [5.74, 6) is 0.549. The van der Waals surface area contributed by atoms with E-state index in [4.69, 9.17) is 44.3 Å². The standard InChI is InChI=1S/C19H24Cl3N5O3/c1-19(2,3)30-18(28)27-7-6-11(12(27)9-29-5)26(4)16-10-8-23-15(21)13(20)14(10)24-17(22)25-16/h8,11-12H,6-7,9H2,1-5H3/t11?,12-/m1/s1. The minimum absolute atomic E-state index is 0.0406. The van der Waals surface area contributed by atoms with Crippen LogP contribution in [0.5, 0.6) is 0 Å². The van der Waals surface area contributed by atoms with Crippen LogP contribution >= 0.6 is 34.8 Å². The Hall–Kier alpha value is -1.61. The van der Waals surface area contributed by atoms with E-state index < -0.39 is 5.60 Å². The van der Waals surface area contributed by atoms with E-state index in [1.165, 1.54) is 0 Å². The van der Waals surface area contributed by atoms with Crippen molar-refractivity contribution in [3.63, 3.8) is 0 Å². The van der Waals surface area contributed by atoms with E-state index in [1.54, 1.807) is 18.2 Å². The number of ether oxygens (including phenoxy) is 2. The second kappa shape index (κ2) is 8.86. The van der Waals surface area contributed by atoms with Gasteiger partial charge in [-0.3, -0.25) is 0 Å². The Morgan fingerprint density at radius 1 is 1.30 bits per heavy atom. The first-order valence-electron chi connectivity index (χ1n) is 9.42. The van der Waals surface area contributed by atoms with Crippen LogP contribution in [0.4, 0.5) is 10.6 Å². The maximum atomic E-state index is 12.7. The number of fused-ring (bicyclic) bond motifs is 1. The molecule has 30 heavy (non-hydrogen) atoms. The summed E-state index contributed by atoms with van der Waals surface area (Å²) in [5, 5.41) is 1.01. The molecule has 0 radical (unpaired) electrons. The molecule has 1 saturated heterocycles. The van der Waals surface area contributed by atoms with Gasteiger partial charge < -0.3 is 19.3 Å². The molecular formula is C19H24Cl3N5O3. The monoisotopic (exact) mass is 475 g/mol. The minimum atomic E-state index is -0.587. The maximum Gasteiger partial charge on any atom is 0.410 e. The van der Waals surface area contributed by atoms with Crippen molar-refractivity contribution in [3.8, 4) is 0 Å². The van der Waals surface area contributed by atoms with Crippen molar-refractivity contribution in [2.45, 2.75) is 44.9 Å². The van der Waals surface area contributed by atoms with Crippen LogP contribution in [0, 0.1) is 0 Å². The van der Waals surface area contributed by atoms with Crippen molar-refractivity contribution in [1.29, 1.82) is 0 Å². The fourth-order valence-corrected chi connectivity index (χ4v) is 4.12. The third kappa shape index (κ3) is 4.66. The summed E-state index contributed by atoms with van der Waals surface area (Å²) in [4.78, 5) is 29.1. The maximum absolute atomic E-state index is 12.7. The molecule has 2 aromatic rings. The molecule has 0 aromatic carbocycles. The lowest BCUT2D eigenvalue weighted by atomic mass is 10.1. The van der Waals surface area contributed by atoms with Crippen molar-refractivity contribution in [1.82, 2.24) is 19.9 Å². The molecule has 2 atom stereocenters. The number of amides is 1. The Morgan fingerprint density at radius 3 is 2.63 bits per heavy atom. The summed E-state index contributed by atoms with van der Waals surface area (Å²) in [5.41, 5.74) is -0.166. The fraction of sp³-hybridized carbons (Fsp3) is 0.579. The van der Waals surface area contributed by atoms with Crippen LogP contribution in [0.1, 0.15) is 27.2 Å². The molecular weight excluding hydrogens is 453 g/mol. The Kier molecular flexibility index (Phi) is 6.81. The Labute approximate surface area is 190 Å². The zero-order valence-corrected chi connectivity index (χ0v) is 19.7. The molecule has 164 valence electrons. The number of anilines is 1. The highest BCUT2D eigenvalue weighted by Crippen LogP contribution is 2.35. The van der Waals surface area contributed by atoms with E-state index in [0.29, 0.717) is 36.3 Å². The first-order chi connectivity index (χ1) is 14.0. The number of carbonyl (C=O) groups is 1. The molecule has 1 aliphatic heterocycles. The van der Waals surface area contributed by atoms with E-state index in [9.17, 15) is 4.79 Å². The van der Waals surface area contributed by atoms with Gasteiger partial charge in [0, 0.05) is 26.9 Å². The normalized spacial score (nSPS) is 19.4. The van der Waals surface area contributed by atoms with E-state index in [-0.39, 0.29) is 33.6 Å². The fourth-order valence-electron chi connectivity index (χ4n) is 3.63. The molecule has 11 heteroatoms. The lowest BCUT2D eigenvalue weighted by Gasteiger charge is -2.34. The van der Waals surface area contributed by atoms with Gasteiger partial charge in [-0.15, -0.1) is 0 Å². The summed E-state index contributed by atoms with van der Waals surface area (Å²) < 4.78 is 11.0. The lowest BCUT2D eigenvalue weighted by molar-refractivity contribution is 0.0136. The average molecular weight is 477 g/mol. The van der Waals surface area contributed by atoms with Gasteiger partial charge in [0.15, 0.2) is 0 Å². The molecule has 3 rings (SSSR count). The van der Waals surface area contributed by atoms with Crippen LogP contribution in [0.25, 0.3) is 10.9 Å². The van der Waals surface area contributed by atoms with Crippen LogP contribution in [-0.4, -0.2) is 70.9 Å². The SMILES string of the molecule is COC[C@@H]1C(N(C)c2nc(Cl)nc3c(Cl)c(Cl)ncc23)CCN1C(=O)OC(C)(C)C. The number of pyridine rings is 1. The minimum Gasteiger partial charge on any atom is -0.444 e. The van der Waals surface area contributed by atoms with Crippen molar-refractivity contribution in [2.75, 3.05) is 32.2 Å². The predicted octanol–water partition coefficient (Wildman–Crippen LogP) is 4.45. The number of methoxy groups -OCH3 is 1. The second-order valence-corrected chi connectivity index (χ2v) is 9.18. The van der Waals surface area contributed by atoms with Gasteiger partial charge in [-0.2, -0.15) is 4.98 Å². The summed E-state index contributed by atoms with van der Waals surface area (Å²) >= 11 is 18.5. The highest BCUT2D eigenvalue weighted by molar-refractivity contribution is 6.44. The summed E-state index contributed by atoms with van der Waals surface area (Å²) in [6.07, 6.45) is 1.89. The molecule has 8 nitrogen and oxygen atoms in total. The van der Waals surface area contributed by atoms with Crippen molar-refractivity contribution < 1.29 is 14.3 Å². The highest BCUT2D eigenvalue weighted by atomic mass is 35.5. The summed E-state index contributed by atoms with van der Waals surface area (Å²) in [7, 11) is 3.48. The first kappa shape index (κ1) is 23.1. The molecule has 0 bridgehead atoms. The molecule has 2 aromatic heterocycles. The van der Waals surface area contributed by atoms with Crippen molar-refractivity contribution in [2.24, 2.45) is 0 Å². The molecule has 0 spiro atoms. The molecule has 1 unspecified atom stereocenters. The Morgan fingerprint density at radius 2 is 2.00 bits per heavy atom. The number of likely N-dealkylation sites (N-methyl/N-ethyl adjacent to an activating group) is 1. The number of hydrogen-bond donors (Lipinski definition) is 0. The van der Waals surface area contributed by atoms with Gasteiger partial charge in [-0.05, 0) is 38.8 Å². The molecule has 1 fully saturated rings. The number of carbonyl (C=O) groups excluding carboxylic acids is 1. The number of rotatable bonds is 4. The van der Waals surface area contributed by atoms with E-state index in [1.807, 2.05) is 32.7 Å². The van der Waals surface area contributed by atoms with Crippen LogP contribution in [0.15, 0.2) is 6.20 Å². The molecule has 1 aliphatic rings. The molecule has 1 amide bonds.